The van der Waals surface area contributed by atoms with Crippen molar-refractivity contribution in [2.45, 2.75) is 32.7 Å². The van der Waals surface area contributed by atoms with Crippen molar-refractivity contribution in [2.75, 3.05) is 45.9 Å². The normalized spacial score (nSPS) is 19.7. The molecule has 18 heavy (non-hydrogen) atoms. The van der Waals surface area contributed by atoms with Crippen LogP contribution < -0.4 is 5.32 Å². The third-order valence-corrected chi connectivity index (χ3v) is 3.54. The highest BCUT2D eigenvalue weighted by Crippen LogP contribution is 2.08. The molecule has 106 valence electrons. The number of rotatable bonds is 7. The molecule has 0 radical (unpaired) electrons. The number of carbonyl (C=O) groups is 1. The Morgan fingerprint density at radius 1 is 1.28 bits per heavy atom. The predicted molar refractivity (Wildman–Crippen MR) is 72.5 cm³/mol. The number of carbonyl (C=O) groups excluding carboxylic acids is 1. The van der Waals surface area contributed by atoms with E-state index in [1.54, 1.807) is 0 Å². The molecular weight excluding hydrogens is 230 g/mol. The van der Waals surface area contributed by atoms with Crippen molar-refractivity contribution in [1.29, 1.82) is 0 Å². The second-order valence-corrected chi connectivity index (χ2v) is 4.91. The van der Waals surface area contributed by atoms with Crippen LogP contribution in [0.25, 0.3) is 0 Å². The Balaban J connectivity index is 2.24. The fourth-order valence-electron chi connectivity index (χ4n) is 2.31. The van der Waals surface area contributed by atoms with Gasteiger partial charge in [0, 0.05) is 38.8 Å². The monoisotopic (exact) mass is 257 g/mol. The molecular formula is C13H27N3O2. The number of hydrogen-bond donors (Lipinski definition) is 2. The number of amides is 1. The van der Waals surface area contributed by atoms with E-state index in [4.69, 9.17) is 0 Å². The van der Waals surface area contributed by atoms with Gasteiger partial charge in [0.1, 0.15) is 0 Å². The van der Waals surface area contributed by atoms with E-state index in [9.17, 15) is 9.90 Å². The lowest BCUT2D eigenvalue weighted by atomic mass is 10.1. The fraction of sp³-hybridized carbons (Fsp3) is 0.923. The van der Waals surface area contributed by atoms with Crippen LogP contribution in [0.5, 0.6) is 0 Å². The van der Waals surface area contributed by atoms with Gasteiger partial charge in [0.2, 0.25) is 5.91 Å². The number of hydrogen-bond acceptors (Lipinski definition) is 4. The second kappa shape index (κ2) is 8.45. The number of aliphatic hydroxyl groups excluding tert-OH is 1. The quantitative estimate of drug-likeness (QED) is 0.669. The van der Waals surface area contributed by atoms with E-state index in [1.807, 2.05) is 0 Å². The zero-order chi connectivity index (χ0) is 13.4. The summed E-state index contributed by atoms with van der Waals surface area (Å²) in [6.07, 6.45) is 1.96. The van der Waals surface area contributed by atoms with Gasteiger partial charge in [0.15, 0.2) is 0 Å². The number of nitrogens with zero attached hydrogens (tertiary/aromatic N) is 2. The Morgan fingerprint density at radius 3 is 2.44 bits per heavy atom. The number of aliphatic hydroxyl groups is 1. The first-order chi connectivity index (χ1) is 8.71. The predicted octanol–water partition coefficient (Wildman–Crippen LogP) is -0.0989. The molecule has 1 amide bonds. The first-order valence-corrected chi connectivity index (χ1v) is 7.05. The van der Waals surface area contributed by atoms with Gasteiger partial charge in [0.25, 0.3) is 0 Å². The molecule has 0 aliphatic carbocycles. The van der Waals surface area contributed by atoms with Gasteiger partial charge in [-0.25, -0.2) is 0 Å². The fourth-order valence-corrected chi connectivity index (χ4v) is 2.31. The molecule has 0 aromatic carbocycles. The summed E-state index contributed by atoms with van der Waals surface area (Å²) < 4.78 is 0. The summed E-state index contributed by atoms with van der Waals surface area (Å²) in [7, 11) is 0. The first kappa shape index (κ1) is 15.4. The van der Waals surface area contributed by atoms with Gasteiger partial charge in [-0.2, -0.15) is 0 Å². The molecule has 1 rings (SSSR count). The van der Waals surface area contributed by atoms with Crippen LogP contribution in [0.4, 0.5) is 0 Å². The molecule has 5 heteroatoms. The maximum absolute atomic E-state index is 11.6. The van der Waals surface area contributed by atoms with Gasteiger partial charge in [-0.05, 0) is 12.8 Å². The van der Waals surface area contributed by atoms with Crippen LogP contribution >= 0.6 is 0 Å². The molecule has 1 atom stereocenters. The number of piperazine rings is 1. The molecule has 0 saturated carbocycles. The first-order valence-electron chi connectivity index (χ1n) is 7.05. The minimum Gasteiger partial charge on any atom is -0.395 e. The zero-order valence-corrected chi connectivity index (χ0v) is 11.7. The highest BCUT2D eigenvalue weighted by atomic mass is 16.3. The summed E-state index contributed by atoms with van der Waals surface area (Å²) >= 11 is 0. The van der Waals surface area contributed by atoms with Crippen LogP contribution in [-0.2, 0) is 4.79 Å². The van der Waals surface area contributed by atoms with Crippen molar-refractivity contribution in [3.05, 3.63) is 0 Å². The van der Waals surface area contributed by atoms with Crippen molar-refractivity contribution < 1.29 is 9.90 Å². The molecule has 1 aliphatic heterocycles. The minimum atomic E-state index is 0.125. The average molecular weight is 257 g/mol. The number of nitrogens with one attached hydrogen (secondary N) is 1. The molecule has 0 bridgehead atoms. The highest BCUT2D eigenvalue weighted by molar-refractivity contribution is 5.77. The van der Waals surface area contributed by atoms with Crippen LogP contribution in [0.3, 0.4) is 0 Å². The van der Waals surface area contributed by atoms with Crippen molar-refractivity contribution >= 4 is 5.91 Å². The average Bonchev–Trinajstić information content (AvgIpc) is 2.40. The lowest BCUT2D eigenvalue weighted by Crippen LogP contribution is -2.53. The van der Waals surface area contributed by atoms with E-state index in [0.29, 0.717) is 6.54 Å². The van der Waals surface area contributed by atoms with Gasteiger partial charge in [-0.3, -0.25) is 14.6 Å². The molecule has 2 N–H and O–H groups in total. The Morgan fingerprint density at radius 2 is 1.94 bits per heavy atom. The summed E-state index contributed by atoms with van der Waals surface area (Å²) in [6, 6.07) is 0.279. The van der Waals surface area contributed by atoms with Crippen molar-refractivity contribution in [1.82, 2.24) is 15.1 Å². The molecule has 5 nitrogen and oxygen atoms in total. The molecule has 0 spiro atoms. The topological polar surface area (TPSA) is 55.8 Å². The largest absolute Gasteiger partial charge is 0.395 e. The summed E-state index contributed by atoms with van der Waals surface area (Å²) in [6.45, 7) is 9.37. The highest BCUT2D eigenvalue weighted by Gasteiger charge is 2.23. The van der Waals surface area contributed by atoms with E-state index in [1.165, 1.54) is 0 Å². The van der Waals surface area contributed by atoms with Crippen molar-refractivity contribution in [2.24, 2.45) is 0 Å². The Bertz CT molecular complexity index is 236. The summed E-state index contributed by atoms with van der Waals surface area (Å²) in [5.74, 6) is 0.125. The summed E-state index contributed by atoms with van der Waals surface area (Å²) in [5, 5.41) is 12.2. The SMILES string of the molecule is CCCNC(=O)CN1CCN([C@@H](CC)CO)CC1. The van der Waals surface area contributed by atoms with Gasteiger partial charge in [-0.1, -0.05) is 13.8 Å². The Labute approximate surface area is 110 Å². The van der Waals surface area contributed by atoms with E-state index in [2.05, 4.69) is 29.0 Å². The molecule has 0 aromatic heterocycles. The van der Waals surface area contributed by atoms with Gasteiger partial charge >= 0.3 is 0 Å². The van der Waals surface area contributed by atoms with E-state index >= 15 is 0 Å². The van der Waals surface area contributed by atoms with Crippen LogP contribution in [0.1, 0.15) is 26.7 Å². The molecule has 0 aromatic rings. The van der Waals surface area contributed by atoms with Gasteiger partial charge in [-0.15, -0.1) is 0 Å². The molecule has 1 saturated heterocycles. The lowest BCUT2D eigenvalue weighted by molar-refractivity contribution is -0.122. The third kappa shape index (κ3) is 4.92. The lowest BCUT2D eigenvalue weighted by Gasteiger charge is -2.38. The third-order valence-electron chi connectivity index (χ3n) is 3.54. The van der Waals surface area contributed by atoms with Crippen LogP contribution in [0.15, 0.2) is 0 Å². The Hall–Kier alpha value is -0.650. The maximum atomic E-state index is 11.6. The van der Waals surface area contributed by atoms with E-state index in [0.717, 1.165) is 45.6 Å². The molecule has 0 unspecified atom stereocenters. The minimum absolute atomic E-state index is 0.125. The van der Waals surface area contributed by atoms with E-state index in [-0.39, 0.29) is 18.6 Å². The summed E-state index contributed by atoms with van der Waals surface area (Å²) in [5.41, 5.74) is 0. The molecule has 1 fully saturated rings. The standard InChI is InChI=1S/C13H27N3O2/c1-3-5-14-13(18)10-15-6-8-16(9-7-15)12(4-2)11-17/h12,17H,3-11H2,1-2H3,(H,14,18)/t12-/m0/s1. The maximum Gasteiger partial charge on any atom is 0.234 e. The van der Waals surface area contributed by atoms with Gasteiger partial charge < -0.3 is 10.4 Å². The van der Waals surface area contributed by atoms with E-state index < -0.39 is 0 Å². The molecule has 1 aliphatic rings. The van der Waals surface area contributed by atoms with Crippen LogP contribution in [0, 0.1) is 0 Å². The smallest absolute Gasteiger partial charge is 0.234 e. The second-order valence-electron chi connectivity index (χ2n) is 4.91. The molecule has 1 heterocycles. The summed E-state index contributed by atoms with van der Waals surface area (Å²) in [4.78, 5) is 16.1. The van der Waals surface area contributed by atoms with Crippen LogP contribution in [0.2, 0.25) is 0 Å². The van der Waals surface area contributed by atoms with Crippen molar-refractivity contribution in [3.8, 4) is 0 Å². The van der Waals surface area contributed by atoms with Crippen LogP contribution in [-0.4, -0.2) is 72.7 Å². The van der Waals surface area contributed by atoms with Crippen molar-refractivity contribution in [3.63, 3.8) is 0 Å². The Kier molecular flexibility index (Phi) is 7.23. The van der Waals surface area contributed by atoms with Gasteiger partial charge in [0.05, 0.1) is 13.2 Å². The zero-order valence-electron chi connectivity index (χ0n) is 11.7.